The lowest BCUT2D eigenvalue weighted by molar-refractivity contribution is 0.0481. The van der Waals surface area contributed by atoms with E-state index in [4.69, 9.17) is 0 Å². The van der Waals surface area contributed by atoms with Gasteiger partial charge in [-0.15, -0.1) is 0 Å². The van der Waals surface area contributed by atoms with Crippen molar-refractivity contribution in [3.63, 3.8) is 0 Å². The lowest BCUT2D eigenvalue weighted by Gasteiger charge is -2.24. The second-order valence-corrected chi connectivity index (χ2v) is 7.47. The first-order valence-electron chi connectivity index (χ1n) is 7.93. The molecule has 0 amide bonds. The van der Waals surface area contributed by atoms with Gasteiger partial charge >= 0.3 is 0 Å². The molecular weight excluding hydrogens is 262 g/mol. The van der Waals surface area contributed by atoms with Crippen LogP contribution in [-0.2, 0) is 6.54 Å². The molecule has 0 aliphatic carbocycles. The van der Waals surface area contributed by atoms with Crippen LogP contribution in [0, 0.1) is 0 Å². The molecule has 2 rings (SSSR count). The zero-order valence-corrected chi connectivity index (χ0v) is 13.8. The second-order valence-electron chi connectivity index (χ2n) is 7.47. The molecule has 1 saturated heterocycles. The zero-order chi connectivity index (χ0) is 15.5. The molecule has 0 spiro atoms. The molecule has 1 fully saturated rings. The Labute approximate surface area is 128 Å². The van der Waals surface area contributed by atoms with Crippen molar-refractivity contribution in [3.05, 3.63) is 23.9 Å². The van der Waals surface area contributed by atoms with E-state index < -0.39 is 5.60 Å². The first-order chi connectivity index (χ1) is 9.75. The highest BCUT2D eigenvalue weighted by atomic mass is 16.3. The van der Waals surface area contributed by atoms with Crippen LogP contribution < -0.4 is 10.2 Å². The molecule has 2 heterocycles. The van der Waals surface area contributed by atoms with Gasteiger partial charge in [-0.1, -0.05) is 6.07 Å². The normalized spacial score (nSPS) is 24.0. The van der Waals surface area contributed by atoms with E-state index in [-0.39, 0.29) is 5.54 Å². The number of rotatable bonds is 3. The van der Waals surface area contributed by atoms with Crippen LogP contribution in [0.15, 0.2) is 18.3 Å². The summed E-state index contributed by atoms with van der Waals surface area (Å²) < 4.78 is 0. The largest absolute Gasteiger partial charge is 0.390 e. The summed E-state index contributed by atoms with van der Waals surface area (Å²) in [6, 6.07) is 4.24. The predicted octanol–water partition coefficient (Wildman–Crippen LogP) is 2.71. The molecule has 1 aromatic rings. The number of aliphatic hydroxyl groups is 1. The average molecular weight is 291 g/mol. The molecule has 21 heavy (non-hydrogen) atoms. The SMILES string of the molecule is CC1(O)CCCN(c2ccc(CNC(C)(C)C)cn2)CC1. The monoisotopic (exact) mass is 291 g/mol. The van der Waals surface area contributed by atoms with Gasteiger partial charge in [0.25, 0.3) is 0 Å². The van der Waals surface area contributed by atoms with Crippen LogP contribution in [0.25, 0.3) is 0 Å². The summed E-state index contributed by atoms with van der Waals surface area (Å²) in [5, 5.41) is 13.6. The van der Waals surface area contributed by atoms with Gasteiger partial charge in [0.05, 0.1) is 5.60 Å². The molecule has 1 aliphatic rings. The minimum absolute atomic E-state index is 0.120. The maximum Gasteiger partial charge on any atom is 0.128 e. The third-order valence-electron chi connectivity index (χ3n) is 4.02. The van der Waals surface area contributed by atoms with E-state index in [9.17, 15) is 5.11 Å². The van der Waals surface area contributed by atoms with Crippen molar-refractivity contribution < 1.29 is 5.11 Å². The van der Waals surface area contributed by atoms with Gasteiger partial charge in [-0.05, 0) is 58.6 Å². The van der Waals surface area contributed by atoms with E-state index in [0.717, 1.165) is 44.7 Å². The van der Waals surface area contributed by atoms with E-state index in [1.165, 1.54) is 5.56 Å². The fraction of sp³-hybridized carbons (Fsp3) is 0.706. The summed E-state index contributed by atoms with van der Waals surface area (Å²) in [6.45, 7) is 11.1. The molecule has 0 aromatic carbocycles. The standard InChI is InChI=1S/C17H29N3O/c1-16(2,3)19-13-14-6-7-15(18-12-14)20-10-5-8-17(4,21)9-11-20/h6-7,12,19,21H,5,8-11,13H2,1-4H3. The van der Waals surface area contributed by atoms with Crippen LogP contribution in [0.4, 0.5) is 5.82 Å². The zero-order valence-electron chi connectivity index (χ0n) is 13.8. The highest BCUT2D eigenvalue weighted by Crippen LogP contribution is 2.24. The number of pyridine rings is 1. The number of nitrogens with one attached hydrogen (secondary N) is 1. The minimum Gasteiger partial charge on any atom is -0.390 e. The first-order valence-corrected chi connectivity index (χ1v) is 7.93. The molecule has 118 valence electrons. The number of nitrogens with zero attached hydrogens (tertiary/aromatic N) is 2. The van der Waals surface area contributed by atoms with Crippen LogP contribution in [0.2, 0.25) is 0 Å². The van der Waals surface area contributed by atoms with Crippen molar-refractivity contribution in [1.29, 1.82) is 0 Å². The van der Waals surface area contributed by atoms with Gasteiger partial charge in [0, 0.05) is 31.4 Å². The topological polar surface area (TPSA) is 48.4 Å². The lowest BCUT2D eigenvalue weighted by atomic mass is 9.98. The summed E-state index contributed by atoms with van der Waals surface area (Å²) >= 11 is 0. The number of anilines is 1. The van der Waals surface area contributed by atoms with E-state index in [0.29, 0.717) is 0 Å². The quantitative estimate of drug-likeness (QED) is 0.899. The Hall–Kier alpha value is -1.13. The fourth-order valence-electron chi connectivity index (χ4n) is 2.57. The number of hydrogen-bond acceptors (Lipinski definition) is 4. The summed E-state index contributed by atoms with van der Waals surface area (Å²) in [6.07, 6.45) is 4.65. The Balaban J connectivity index is 1.95. The van der Waals surface area contributed by atoms with E-state index in [1.807, 2.05) is 13.1 Å². The van der Waals surface area contributed by atoms with Crippen LogP contribution in [-0.4, -0.2) is 34.3 Å². The molecule has 0 bridgehead atoms. The van der Waals surface area contributed by atoms with Gasteiger partial charge in [0.2, 0.25) is 0 Å². The van der Waals surface area contributed by atoms with Gasteiger partial charge in [-0.3, -0.25) is 0 Å². The molecule has 1 atom stereocenters. The van der Waals surface area contributed by atoms with Crippen LogP contribution >= 0.6 is 0 Å². The highest BCUT2D eigenvalue weighted by Gasteiger charge is 2.25. The second kappa shape index (κ2) is 6.32. The van der Waals surface area contributed by atoms with Crippen LogP contribution in [0.1, 0.15) is 52.5 Å². The summed E-state index contributed by atoms with van der Waals surface area (Å²) in [5.74, 6) is 1.02. The molecule has 4 heteroatoms. The Bertz CT molecular complexity index is 448. The molecule has 0 radical (unpaired) electrons. The molecule has 2 N–H and O–H groups in total. The average Bonchev–Trinajstić information content (AvgIpc) is 2.57. The molecule has 4 nitrogen and oxygen atoms in total. The molecule has 1 aliphatic heterocycles. The van der Waals surface area contributed by atoms with Crippen molar-refractivity contribution in [2.45, 2.75) is 64.6 Å². The Morgan fingerprint density at radius 2 is 2.05 bits per heavy atom. The van der Waals surface area contributed by atoms with Gasteiger partial charge < -0.3 is 15.3 Å². The highest BCUT2D eigenvalue weighted by molar-refractivity contribution is 5.39. The van der Waals surface area contributed by atoms with Crippen molar-refractivity contribution in [2.24, 2.45) is 0 Å². The minimum atomic E-state index is -0.523. The summed E-state index contributed by atoms with van der Waals surface area (Å²) in [4.78, 5) is 6.88. The molecule has 1 aromatic heterocycles. The van der Waals surface area contributed by atoms with E-state index in [1.54, 1.807) is 0 Å². The first kappa shape index (κ1) is 16.2. The Kier molecular flexibility index (Phi) is 4.89. The number of hydrogen-bond donors (Lipinski definition) is 2. The maximum atomic E-state index is 10.2. The van der Waals surface area contributed by atoms with Gasteiger partial charge in [-0.2, -0.15) is 0 Å². The van der Waals surface area contributed by atoms with Crippen molar-refractivity contribution in [2.75, 3.05) is 18.0 Å². The van der Waals surface area contributed by atoms with Crippen molar-refractivity contribution >= 4 is 5.82 Å². The van der Waals surface area contributed by atoms with E-state index in [2.05, 4.69) is 48.1 Å². The van der Waals surface area contributed by atoms with Crippen LogP contribution in [0.3, 0.4) is 0 Å². The predicted molar refractivity (Wildman–Crippen MR) is 87.5 cm³/mol. The van der Waals surface area contributed by atoms with Crippen molar-refractivity contribution in [3.8, 4) is 0 Å². The fourth-order valence-corrected chi connectivity index (χ4v) is 2.57. The molecular formula is C17H29N3O. The van der Waals surface area contributed by atoms with Crippen molar-refractivity contribution in [1.82, 2.24) is 10.3 Å². The lowest BCUT2D eigenvalue weighted by Crippen LogP contribution is -2.35. The van der Waals surface area contributed by atoms with E-state index >= 15 is 0 Å². The van der Waals surface area contributed by atoms with Crippen LogP contribution in [0.5, 0.6) is 0 Å². The maximum absolute atomic E-state index is 10.2. The number of aromatic nitrogens is 1. The third-order valence-corrected chi connectivity index (χ3v) is 4.02. The molecule has 1 unspecified atom stereocenters. The third kappa shape index (κ3) is 5.29. The molecule has 0 saturated carbocycles. The summed E-state index contributed by atoms with van der Waals surface area (Å²) in [7, 11) is 0. The van der Waals surface area contributed by atoms with Gasteiger partial charge in [0.15, 0.2) is 0 Å². The Morgan fingerprint density at radius 1 is 1.29 bits per heavy atom. The van der Waals surface area contributed by atoms with Gasteiger partial charge in [0.1, 0.15) is 5.82 Å². The summed E-state index contributed by atoms with van der Waals surface area (Å²) in [5.41, 5.74) is 0.802. The Morgan fingerprint density at radius 3 is 2.67 bits per heavy atom. The smallest absolute Gasteiger partial charge is 0.128 e. The van der Waals surface area contributed by atoms with Gasteiger partial charge in [-0.25, -0.2) is 4.98 Å².